The van der Waals surface area contributed by atoms with E-state index in [0.717, 1.165) is 5.03 Å². The van der Waals surface area contributed by atoms with Crippen molar-refractivity contribution in [2.45, 2.75) is 5.03 Å². The molecule has 0 aliphatic carbocycles. The fourth-order valence-electron chi connectivity index (χ4n) is 0.269. The van der Waals surface area contributed by atoms with Gasteiger partial charge in [-0.3, -0.25) is 0 Å². The number of thiol groups is 1. The lowest BCUT2D eigenvalue weighted by Gasteiger charge is -1.80. The number of hydrogen-bond acceptors (Lipinski definition) is 5. The number of aromatic nitrogens is 3. The van der Waals surface area contributed by atoms with Crippen molar-refractivity contribution in [3.05, 3.63) is 6.20 Å². The van der Waals surface area contributed by atoms with Gasteiger partial charge in [-0.15, -0.1) is 5.10 Å². The topological polar surface area (TPSA) is 41.6 Å². The first-order valence-electron chi connectivity index (χ1n) is 1.77. The molecule has 0 atom stereocenters. The maximum absolute atomic E-state index is 3.90. The molecule has 0 aromatic carbocycles. The highest BCUT2D eigenvalue weighted by Crippen LogP contribution is 2.30. The number of aromatic amines is 1. The Morgan fingerprint density at radius 1 is 1.75 bits per heavy atom. The Hall–Kier alpha value is 0.190. The lowest BCUT2D eigenvalue weighted by molar-refractivity contribution is 0.912. The van der Waals surface area contributed by atoms with Crippen molar-refractivity contribution in [3.63, 3.8) is 0 Å². The minimum atomic E-state index is 0.852. The van der Waals surface area contributed by atoms with Gasteiger partial charge >= 0.3 is 0 Å². The van der Waals surface area contributed by atoms with Crippen molar-refractivity contribution in [2.24, 2.45) is 0 Å². The average Bonchev–Trinajstić information content (AvgIpc) is 2.19. The van der Waals surface area contributed by atoms with Crippen LogP contribution in [0.1, 0.15) is 0 Å². The van der Waals surface area contributed by atoms with Crippen LogP contribution >= 0.6 is 32.3 Å². The molecule has 0 bridgehead atoms. The molecule has 1 N–H and O–H groups in total. The fraction of sp³-hybridized carbons (Fsp3) is 0. The Morgan fingerprint density at radius 2 is 2.62 bits per heavy atom. The third kappa shape index (κ3) is 1.61. The second-order valence-electron chi connectivity index (χ2n) is 0.966. The summed E-state index contributed by atoms with van der Waals surface area (Å²) in [5.41, 5.74) is 0. The normalized spacial score (nSPS) is 9.62. The van der Waals surface area contributed by atoms with Crippen LogP contribution in [0.2, 0.25) is 0 Å². The van der Waals surface area contributed by atoms with Crippen LogP contribution in [0.5, 0.6) is 0 Å². The molecule has 1 rings (SSSR count). The molecular weight excluding hydrogens is 162 g/mol. The summed E-state index contributed by atoms with van der Waals surface area (Å²) < 4.78 is 0. The van der Waals surface area contributed by atoms with Crippen LogP contribution in [-0.2, 0) is 0 Å². The largest absolute Gasteiger partial charge is 0.197 e. The van der Waals surface area contributed by atoms with Gasteiger partial charge in [0.05, 0.1) is 6.20 Å². The summed E-state index contributed by atoms with van der Waals surface area (Å²) in [5.74, 6) is 0. The molecule has 1 aromatic rings. The third-order valence-corrected chi connectivity index (χ3v) is 2.36. The van der Waals surface area contributed by atoms with Gasteiger partial charge in [-0.1, -0.05) is 11.7 Å². The van der Waals surface area contributed by atoms with Crippen LogP contribution in [0, 0.1) is 0 Å². The van der Waals surface area contributed by atoms with E-state index >= 15 is 0 Å². The number of nitrogens with one attached hydrogen (secondary N) is 1. The van der Waals surface area contributed by atoms with Crippen molar-refractivity contribution in [1.29, 1.82) is 0 Å². The maximum atomic E-state index is 3.90. The average molecular weight is 165 g/mol. The molecule has 0 radical (unpaired) electrons. The number of hydrogen-bond donors (Lipinski definition) is 2. The first kappa shape index (κ1) is 6.31. The van der Waals surface area contributed by atoms with Gasteiger partial charge in [0.2, 0.25) is 0 Å². The molecule has 1 heterocycles. The van der Waals surface area contributed by atoms with E-state index in [2.05, 4.69) is 27.1 Å². The van der Waals surface area contributed by atoms with Crippen molar-refractivity contribution in [3.8, 4) is 0 Å². The Balaban J connectivity index is 2.50. The van der Waals surface area contributed by atoms with E-state index in [1.165, 1.54) is 20.6 Å². The third-order valence-electron chi connectivity index (χ3n) is 0.516. The zero-order chi connectivity index (χ0) is 5.82. The smallest absolute Gasteiger partial charge is 0.149 e. The van der Waals surface area contributed by atoms with E-state index < -0.39 is 0 Å². The minimum Gasteiger partial charge on any atom is -0.197 e. The van der Waals surface area contributed by atoms with Gasteiger partial charge in [0, 0.05) is 0 Å². The van der Waals surface area contributed by atoms with Gasteiger partial charge in [-0.25, -0.2) is 0 Å². The van der Waals surface area contributed by atoms with E-state index in [1.54, 1.807) is 6.20 Å². The summed E-state index contributed by atoms with van der Waals surface area (Å²) in [6.45, 7) is 0. The van der Waals surface area contributed by atoms with Gasteiger partial charge in [0.25, 0.3) is 0 Å². The van der Waals surface area contributed by atoms with E-state index in [9.17, 15) is 0 Å². The molecule has 0 unspecified atom stereocenters. The van der Waals surface area contributed by atoms with Crippen molar-refractivity contribution in [2.75, 3.05) is 0 Å². The highest BCUT2D eigenvalue weighted by Gasteiger charge is 1.91. The van der Waals surface area contributed by atoms with E-state index in [1.807, 2.05) is 0 Å². The SMILES string of the molecule is SSSc1cn[nH]n1. The summed E-state index contributed by atoms with van der Waals surface area (Å²) in [7, 11) is 2.81. The highest BCUT2D eigenvalue weighted by molar-refractivity contribution is 9.05. The minimum absolute atomic E-state index is 0.852. The second kappa shape index (κ2) is 3.26. The molecule has 6 heteroatoms. The molecule has 0 saturated carbocycles. The number of H-pyrrole nitrogens is 1. The molecule has 0 aliphatic heterocycles. The van der Waals surface area contributed by atoms with Crippen LogP contribution < -0.4 is 0 Å². The van der Waals surface area contributed by atoms with E-state index in [4.69, 9.17) is 0 Å². The molecule has 1 aromatic heterocycles. The van der Waals surface area contributed by atoms with Crippen LogP contribution in [0.25, 0.3) is 0 Å². The van der Waals surface area contributed by atoms with Crippen LogP contribution in [0.3, 0.4) is 0 Å². The summed E-state index contributed by atoms with van der Waals surface area (Å²) in [6, 6.07) is 0. The molecule has 44 valence electrons. The Morgan fingerprint density at radius 3 is 3.12 bits per heavy atom. The molecule has 3 nitrogen and oxygen atoms in total. The zero-order valence-corrected chi connectivity index (χ0v) is 6.26. The maximum Gasteiger partial charge on any atom is 0.149 e. The molecule has 0 aliphatic rings. The molecule has 0 fully saturated rings. The summed E-state index contributed by atoms with van der Waals surface area (Å²) in [6.07, 6.45) is 1.65. The monoisotopic (exact) mass is 165 g/mol. The van der Waals surface area contributed by atoms with Gasteiger partial charge in [0.1, 0.15) is 5.03 Å². The van der Waals surface area contributed by atoms with Gasteiger partial charge in [0.15, 0.2) is 0 Å². The van der Waals surface area contributed by atoms with E-state index in [0.29, 0.717) is 0 Å². The zero-order valence-electron chi connectivity index (χ0n) is 3.74. The lowest BCUT2D eigenvalue weighted by Crippen LogP contribution is -1.65. The van der Waals surface area contributed by atoms with Crippen LogP contribution in [0.15, 0.2) is 11.2 Å². The summed E-state index contributed by atoms with van der Waals surface area (Å²) in [4.78, 5) is 0. The quantitative estimate of drug-likeness (QED) is 0.513. The molecule has 0 amide bonds. The van der Waals surface area contributed by atoms with Crippen molar-refractivity contribution < 1.29 is 0 Å². The summed E-state index contributed by atoms with van der Waals surface area (Å²) >= 11 is 3.90. The molecular formula is C2H3N3S3. The first-order chi connectivity index (χ1) is 3.93. The van der Waals surface area contributed by atoms with E-state index in [-0.39, 0.29) is 0 Å². The standard InChI is InChI=1S/C2H3N3S3/c6-8-7-2-1-3-5-4-2/h1,6H,(H,3,4,5). The van der Waals surface area contributed by atoms with Crippen molar-refractivity contribution in [1.82, 2.24) is 15.4 Å². The molecule has 0 spiro atoms. The molecule has 0 saturated heterocycles. The van der Waals surface area contributed by atoms with Crippen LogP contribution in [-0.4, -0.2) is 15.4 Å². The predicted molar refractivity (Wildman–Crippen MR) is 38.8 cm³/mol. The Bertz CT molecular complexity index is 138. The first-order valence-corrected chi connectivity index (χ1v) is 4.97. The highest BCUT2D eigenvalue weighted by atomic mass is 33.5. The van der Waals surface area contributed by atoms with Crippen LogP contribution in [0.4, 0.5) is 0 Å². The van der Waals surface area contributed by atoms with Gasteiger partial charge in [-0.05, 0) is 20.6 Å². The Kier molecular flexibility index (Phi) is 2.57. The number of nitrogens with zero attached hydrogens (tertiary/aromatic N) is 2. The summed E-state index contributed by atoms with van der Waals surface area (Å²) in [5, 5.41) is 10.7. The number of rotatable bonds is 2. The second-order valence-corrected chi connectivity index (χ2v) is 3.99. The predicted octanol–water partition coefficient (Wildman–Crippen LogP) is 1.39. The van der Waals surface area contributed by atoms with Crippen molar-refractivity contribution >= 4 is 32.3 Å². The van der Waals surface area contributed by atoms with Gasteiger partial charge < -0.3 is 0 Å². The fourth-order valence-corrected chi connectivity index (χ4v) is 1.68. The van der Waals surface area contributed by atoms with Gasteiger partial charge in [-0.2, -0.15) is 10.3 Å². The Labute approximate surface area is 59.2 Å². The molecule has 8 heavy (non-hydrogen) atoms. The lowest BCUT2D eigenvalue weighted by atomic mass is 11.0.